The first kappa shape index (κ1) is 18.1. The van der Waals surface area contributed by atoms with Crippen LogP contribution in [0.3, 0.4) is 0 Å². The summed E-state index contributed by atoms with van der Waals surface area (Å²) in [5.74, 6) is 0.946. The summed E-state index contributed by atoms with van der Waals surface area (Å²) in [4.78, 5) is 22.5. The van der Waals surface area contributed by atoms with E-state index in [1.165, 1.54) is 45.6 Å². The number of nitrogens with one attached hydrogen (secondary N) is 1. The van der Waals surface area contributed by atoms with Gasteiger partial charge in [-0.05, 0) is 18.2 Å². The molecule has 0 heterocycles. The molecule has 0 spiro atoms. The molecular weight excluding hydrogens is 328 g/mol. The summed E-state index contributed by atoms with van der Waals surface area (Å²) < 4.78 is 15.9. The number of non-ortho nitro benzene ring substituents is 1. The van der Waals surface area contributed by atoms with Crippen molar-refractivity contribution in [1.29, 1.82) is 0 Å². The van der Waals surface area contributed by atoms with Gasteiger partial charge in [0.05, 0.1) is 26.3 Å². The van der Waals surface area contributed by atoms with E-state index < -0.39 is 10.8 Å². The number of methoxy groups -OCH3 is 3. The van der Waals surface area contributed by atoms with Gasteiger partial charge in [0.2, 0.25) is 5.75 Å². The summed E-state index contributed by atoms with van der Waals surface area (Å²) >= 11 is 0. The number of rotatable bonds is 7. The Hall–Kier alpha value is -3.29. The highest BCUT2D eigenvalue weighted by molar-refractivity contribution is 5.94. The molecule has 0 unspecified atom stereocenters. The van der Waals surface area contributed by atoms with E-state index in [1.54, 1.807) is 12.1 Å². The van der Waals surface area contributed by atoms with E-state index in [4.69, 9.17) is 14.2 Å². The van der Waals surface area contributed by atoms with E-state index >= 15 is 0 Å². The van der Waals surface area contributed by atoms with Crippen LogP contribution in [0.25, 0.3) is 0 Å². The fourth-order valence-electron chi connectivity index (χ4n) is 2.34. The Morgan fingerprint density at radius 3 is 2.40 bits per heavy atom. The minimum Gasteiger partial charge on any atom is -0.493 e. The molecule has 8 heteroatoms. The lowest BCUT2D eigenvalue weighted by molar-refractivity contribution is -0.384. The van der Waals surface area contributed by atoms with Crippen LogP contribution in [0.2, 0.25) is 0 Å². The predicted molar refractivity (Wildman–Crippen MR) is 90.4 cm³/mol. The lowest BCUT2D eigenvalue weighted by atomic mass is 10.1. The van der Waals surface area contributed by atoms with Crippen molar-refractivity contribution in [3.05, 3.63) is 57.6 Å². The number of hydrogen-bond donors (Lipinski definition) is 1. The maximum Gasteiger partial charge on any atom is 0.270 e. The number of carbonyl (C=O) groups excluding carboxylic acids is 1. The van der Waals surface area contributed by atoms with Gasteiger partial charge in [-0.2, -0.15) is 0 Å². The average Bonchev–Trinajstić information content (AvgIpc) is 2.64. The second-order valence-electron chi connectivity index (χ2n) is 4.98. The van der Waals surface area contributed by atoms with E-state index in [-0.39, 0.29) is 17.8 Å². The number of amides is 1. The molecule has 0 aliphatic carbocycles. The summed E-state index contributed by atoms with van der Waals surface area (Å²) in [6.45, 7) is 0.158. The molecule has 0 saturated heterocycles. The zero-order chi connectivity index (χ0) is 18.4. The maximum absolute atomic E-state index is 12.2. The van der Waals surface area contributed by atoms with Gasteiger partial charge in [0.1, 0.15) is 0 Å². The second kappa shape index (κ2) is 8.00. The lowest BCUT2D eigenvalue weighted by Crippen LogP contribution is -2.23. The molecule has 0 bridgehead atoms. The van der Waals surface area contributed by atoms with Crippen LogP contribution in [-0.4, -0.2) is 32.2 Å². The fraction of sp³-hybridized carbons (Fsp3) is 0.235. The number of nitro groups is 1. The Morgan fingerprint density at radius 2 is 1.80 bits per heavy atom. The molecule has 0 aliphatic rings. The third-order valence-corrected chi connectivity index (χ3v) is 3.54. The Morgan fingerprint density at radius 1 is 1.08 bits per heavy atom. The molecule has 25 heavy (non-hydrogen) atoms. The Bertz CT molecular complexity index is 791. The highest BCUT2D eigenvalue weighted by Gasteiger charge is 2.17. The van der Waals surface area contributed by atoms with Crippen molar-refractivity contribution in [1.82, 2.24) is 5.32 Å². The van der Waals surface area contributed by atoms with Crippen molar-refractivity contribution in [2.45, 2.75) is 6.54 Å². The summed E-state index contributed by atoms with van der Waals surface area (Å²) in [5, 5.41) is 13.5. The monoisotopic (exact) mass is 346 g/mol. The lowest BCUT2D eigenvalue weighted by Gasteiger charge is -2.16. The standard InChI is InChI=1S/C17H18N2O6/c1-23-14-8-7-12(15(24-2)16(14)25-3)10-18-17(20)11-5-4-6-13(9-11)19(21)22/h4-9H,10H2,1-3H3,(H,18,20). The maximum atomic E-state index is 12.2. The van der Waals surface area contributed by atoms with E-state index in [1.807, 2.05) is 0 Å². The second-order valence-corrected chi connectivity index (χ2v) is 4.98. The first-order chi connectivity index (χ1) is 12.0. The zero-order valence-corrected chi connectivity index (χ0v) is 14.1. The minimum absolute atomic E-state index is 0.142. The van der Waals surface area contributed by atoms with Crippen LogP contribution in [0.15, 0.2) is 36.4 Å². The smallest absolute Gasteiger partial charge is 0.270 e. The van der Waals surface area contributed by atoms with Crippen LogP contribution in [0, 0.1) is 10.1 Å². The quantitative estimate of drug-likeness (QED) is 0.611. The molecular formula is C17H18N2O6. The van der Waals surface area contributed by atoms with Crippen molar-refractivity contribution in [2.24, 2.45) is 0 Å². The van der Waals surface area contributed by atoms with Crippen molar-refractivity contribution in [2.75, 3.05) is 21.3 Å². The summed E-state index contributed by atoms with van der Waals surface area (Å²) in [6, 6.07) is 8.97. The van der Waals surface area contributed by atoms with Gasteiger partial charge in [0.15, 0.2) is 11.5 Å². The van der Waals surface area contributed by atoms with E-state index in [9.17, 15) is 14.9 Å². The van der Waals surface area contributed by atoms with Crippen LogP contribution in [0.5, 0.6) is 17.2 Å². The number of carbonyl (C=O) groups is 1. The summed E-state index contributed by atoms with van der Waals surface area (Å²) in [7, 11) is 4.50. The number of nitrogens with zero attached hydrogens (tertiary/aromatic N) is 1. The largest absolute Gasteiger partial charge is 0.493 e. The third kappa shape index (κ3) is 3.97. The molecule has 0 aliphatic heterocycles. The fourth-order valence-corrected chi connectivity index (χ4v) is 2.34. The Labute approximate surface area is 144 Å². The first-order valence-corrected chi connectivity index (χ1v) is 7.32. The SMILES string of the molecule is COc1ccc(CNC(=O)c2cccc([N+](=O)[O-])c2)c(OC)c1OC. The van der Waals surface area contributed by atoms with Gasteiger partial charge in [0.25, 0.3) is 11.6 Å². The number of nitro benzene ring substituents is 1. The molecule has 2 rings (SSSR count). The molecule has 132 valence electrons. The van der Waals surface area contributed by atoms with Gasteiger partial charge in [-0.25, -0.2) is 0 Å². The molecule has 0 atom stereocenters. The van der Waals surface area contributed by atoms with E-state index in [2.05, 4.69) is 5.32 Å². The Balaban J connectivity index is 2.19. The predicted octanol–water partition coefficient (Wildman–Crippen LogP) is 2.55. The van der Waals surface area contributed by atoms with Crippen LogP contribution >= 0.6 is 0 Å². The molecule has 0 aromatic heterocycles. The van der Waals surface area contributed by atoms with Gasteiger partial charge in [-0.1, -0.05) is 6.07 Å². The van der Waals surface area contributed by atoms with Crippen LogP contribution < -0.4 is 19.5 Å². The zero-order valence-electron chi connectivity index (χ0n) is 14.1. The highest BCUT2D eigenvalue weighted by atomic mass is 16.6. The normalized spacial score (nSPS) is 10.0. The highest BCUT2D eigenvalue weighted by Crippen LogP contribution is 2.39. The molecule has 0 radical (unpaired) electrons. The molecule has 2 aromatic carbocycles. The Kier molecular flexibility index (Phi) is 5.78. The molecule has 8 nitrogen and oxygen atoms in total. The number of hydrogen-bond acceptors (Lipinski definition) is 6. The van der Waals surface area contributed by atoms with Gasteiger partial charge < -0.3 is 19.5 Å². The molecule has 0 saturated carbocycles. The molecule has 1 N–H and O–H groups in total. The van der Waals surface area contributed by atoms with Gasteiger partial charge >= 0.3 is 0 Å². The summed E-state index contributed by atoms with van der Waals surface area (Å²) in [5.41, 5.74) is 0.740. The topological polar surface area (TPSA) is 99.9 Å². The van der Waals surface area contributed by atoms with Gasteiger partial charge in [-0.15, -0.1) is 0 Å². The summed E-state index contributed by atoms with van der Waals surface area (Å²) in [6.07, 6.45) is 0. The van der Waals surface area contributed by atoms with Gasteiger partial charge in [0, 0.05) is 29.8 Å². The minimum atomic E-state index is -0.547. The number of ether oxygens (including phenoxy) is 3. The van der Waals surface area contributed by atoms with Crippen molar-refractivity contribution < 1.29 is 23.9 Å². The molecule has 1 amide bonds. The van der Waals surface area contributed by atoms with Gasteiger partial charge in [-0.3, -0.25) is 14.9 Å². The molecule has 0 fully saturated rings. The van der Waals surface area contributed by atoms with Crippen LogP contribution in [0.1, 0.15) is 15.9 Å². The average molecular weight is 346 g/mol. The van der Waals surface area contributed by atoms with Crippen molar-refractivity contribution in [3.8, 4) is 17.2 Å². The number of benzene rings is 2. The third-order valence-electron chi connectivity index (χ3n) is 3.54. The van der Waals surface area contributed by atoms with Crippen molar-refractivity contribution in [3.63, 3.8) is 0 Å². The van der Waals surface area contributed by atoms with E-state index in [0.29, 0.717) is 22.8 Å². The first-order valence-electron chi connectivity index (χ1n) is 7.32. The van der Waals surface area contributed by atoms with Crippen LogP contribution in [0.4, 0.5) is 5.69 Å². The van der Waals surface area contributed by atoms with Crippen LogP contribution in [-0.2, 0) is 6.54 Å². The van der Waals surface area contributed by atoms with Crippen molar-refractivity contribution >= 4 is 11.6 Å². The van der Waals surface area contributed by atoms with E-state index in [0.717, 1.165) is 0 Å². The molecule has 2 aromatic rings.